The highest BCUT2D eigenvalue weighted by atomic mass is 19.1. The van der Waals surface area contributed by atoms with Crippen LogP contribution >= 0.6 is 0 Å². The molecule has 2 rings (SSSR count). The summed E-state index contributed by atoms with van der Waals surface area (Å²) in [6, 6.07) is 10.7. The van der Waals surface area contributed by atoms with E-state index in [2.05, 4.69) is 4.98 Å². The molecule has 2 aromatic rings. The Labute approximate surface area is 129 Å². The molecule has 3 nitrogen and oxygen atoms in total. The molecule has 0 aliphatic heterocycles. The van der Waals surface area contributed by atoms with E-state index in [1.165, 1.54) is 24.3 Å². The van der Waals surface area contributed by atoms with E-state index in [1.807, 2.05) is 43.3 Å². The summed E-state index contributed by atoms with van der Waals surface area (Å²) < 4.78 is 12.7. The molecule has 0 unspecified atom stereocenters. The van der Waals surface area contributed by atoms with Gasteiger partial charge >= 0.3 is 0 Å². The fourth-order valence-corrected chi connectivity index (χ4v) is 1.77. The third-order valence-corrected chi connectivity index (χ3v) is 3.02. The van der Waals surface area contributed by atoms with Crippen LogP contribution in [0.1, 0.15) is 11.3 Å². The number of hydrogen-bond donors (Lipinski definition) is 0. The average Bonchev–Trinajstić information content (AvgIpc) is 2.52. The maximum atomic E-state index is 12.7. The van der Waals surface area contributed by atoms with Gasteiger partial charge < -0.3 is 4.90 Å². The number of carbonyl (C=O) groups excluding carboxylic acids is 1. The second-order valence-corrected chi connectivity index (χ2v) is 4.96. The van der Waals surface area contributed by atoms with Gasteiger partial charge in [-0.3, -0.25) is 9.78 Å². The third-order valence-electron chi connectivity index (χ3n) is 3.02. The highest BCUT2D eigenvalue weighted by molar-refractivity contribution is 6.04. The van der Waals surface area contributed by atoms with Crippen molar-refractivity contribution in [3.8, 4) is 0 Å². The van der Waals surface area contributed by atoms with Gasteiger partial charge in [-0.05, 0) is 48.1 Å². The maximum Gasteiger partial charge on any atom is 0.178 e. The molecule has 0 aliphatic rings. The molecule has 0 aliphatic carbocycles. The Morgan fingerprint density at radius 1 is 1.05 bits per heavy atom. The fraction of sp³-hybridized carbons (Fsp3) is 0.111. The van der Waals surface area contributed by atoms with Crippen LogP contribution in [0.3, 0.4) is 0 Å². The lowest BCUT2D eigenvalue weighted by Gasteiger charge is -2.11. The Morgan fingerprint density at radius 2 is 1.73 bits per heavy atom. The van der Waals surface area contributed by atoms with E-state index < -0.39 is 5.82 Å². The van der Waals surface area contributed by atoms with Crippen LogP contribution in [-0.2, 0) is 4.79 Å². The number of allylic oxidation sites excluding steroid dienone is 2. The first-order chi connectivity index (χ1) is 10.5. The van der Waals surface area contributed by atoms with E-state index in [4.69, 9.17) is 0 Å². The van der Waals surface area contributed by atoms with Crippen LogP contribution in [0.15, 0.2) is 54.7 Å². The molecule has 22 heavy (non-hydrogen) atoms. The molecular weight excluding hydrogens is 279 g/mol. The molecule has 4 heteroatoms. The van der Waals surface area contributed by atoms with Crippen LogP contribution in [0.4, 0.5) is 10.1 Å². The van der Waals surface area contributed by atoms with Crippen molar-refractivity contribution in [1.29, 1.82) is 0 Å². The lowest BCUT2D eigenvalue weighted by Crippen LogP contribution is -2.07. The molecule has 0 atom stereocenters. The number of aromatic nitrogens is 1. The summed E-state index contributed by atoms with van der Waals surface area (Å²) in [6.07, 6.45) is 7.33. The smallest absolute Gasteiger partial charge is 0.178 e. The Kier molecular flexibility index (Phi) is 5.20. The van der Waals surface area contributed by atoms with Crippen molar-refractivity contribution in [2.75, 3.05) is 19.0 Å². The van der Waals surface area contributed by atoms with Gasteiger partial charge in [0.2, 0.25) is 0 Å². The quantitative estimate of drug-likeness (QED) is 0.791. The van der Waals surface area contributed by atoms with Gasteiger partial charge in [0.15, 0.2) is 5.78 Å². The molecule has 1 aromatic carbocycles. The number of carbonyl (C=O) groups is 1. The standard InChI is InChI=1S/C18H17FN2O/c1-21(2)17-9-3-14(4-10-17)5-11-18(22)12-8-16-7-6-15(19)13-20-16/h3-13H,1-2H3/b11-5+,12-8+. The molecule has 0 radical (unpaired) electrons. The highest BCUT2D eigenvalue weighted by Crippen LogP contribution is 2.13. The first kappa shape index (κ1) is 15.6. The van der Waals surface area contributed by atoms with Gasteiger partial charge in [-0.25, -0.2) is 4.39 Å². The molecular formula is C18H17FN2O. The third kappa shape index (κ3) is 4.66. The minimum absolute atomic E-state index is 0.150. The number of pyridine rings is 1. The van der Waals surface area contributed by atoms with Crippen LogP contribution in [0.5, 0.6) is 0 Å². The second kappa shape index (κ2) is 7.31. The van der Waals surface area contributed by atoms with Crippen LogP contribution < -0.4 is 4.90 Å². The molecule has 1 heterocycles. The summed E-state index contributed by atoms with van der Waals surface area (Å²) in [6.45, 7) is 0. The minimum atomic E-state index is -0.399. The molecule has 0 saturated carbocycles. The summed E-state index contributed by atoms with van der Waals surface area (Å²) in [5.74, 6) is -0.549. The lowest BCUT2D eigenvalue weighted by atomic mass is 10.1. The number of halogens is 1. The van der Waals surface area contributed by atoms with E-state index in [0.717, 1.165) is 17.4 Å². The Bertz CT molecular complexity index is 686. The summed E-state index contributed by atoms with van der Waals surface area (Å²) >= 11 is 0. The van der Waals surface area contributed by atoms with Crippen molar-refractivity contribution >= 4 is 23.6 Å². The molecule has 0 N–H and O–H groups in total. The normalized spacial score (nSPS) is 11.2. The molecule has 0 saturated heterocycles. The Balaban J connectivity index is 1.97. The van der Waals surface area contributed by atoms with Gasteiger partial charge in [-0.2, -0.15) is 0 Å². The number of hydrogen-bond acceptors (Lipinski definition) is 3. The summed E-state index contributed by atoms with van der Waals surface area (Å²) in [7, 11) is 3.95. The van der Waals surface area contributed by atoms with E-state index in [0.29, 0.717) is 5.69 Å². The number of anilines is 1. The van der Waals surface area contributed by atoms with Gasteiger partial charge in [0, 0.05) is 19.8 Å². The number of benzene rings is 1. The van der Waals surface area contributed by atoms with Gasteiger partial charge in [0.25, 0.3) is 0 Å². The Hall–Kier alpha value is -2.75. The van der Waals surface area contributed by atoms with Crippen molar-refractivity contribution in [3.05, 3.63) is 71.8 Å². The van der Waals surface area contributed by atoms with Gasteiger partial charge in [0.1, 0.15) is 5.82 Å². The monoisotopic (exact) mass is 296 g/mol. The highest BCUT2D eigenvalue weighted by Gasteiger charge is 1.95. The van der Waals surface area contributed by atoms with Crippen molar-refractivity contribution in [3.63, 3.8) is 0 Å². The molecule has 0 spiro atoms. The maximum absolute atomic E-state index is 12.7. The zero-order valence-electron chi connectivity index (χ0n) is 12.5. The molecule has 0 fully saturated rings. The first-order valence-electron chi connectivity index (χ1n) is 6.84. The van der Waals surface area contributed by atoms with E-state index in [9.17, 15) is 9.18 Å². The Morgan fingerprint density at radius 3 is 2.32 bits per heavy atom. The van der Waals surface area contributed by atoms with E-state index in [1.54, 1.807) is 12.2 Å². The van der Waals surface area contributed by atoms with Crippen molar-refractivity contribution < 1.29 is 9.18 Å². The molecule has 0 amide bonds. The van der Waals surface area contributed by atoms with Crippen LogP contribution in [0.25, 0.3) is 12.2 Å². The fourth-order valence-electron chi connectivity index (χ4n) is 1.77. The zero-order chi connectivity index (χ0) is 15.9. The summed E-state index contributed by atoms with van der Waals surface area (Å²) in [5, 5.41) is 0. The summed E-state index contributed by atoms with van der Waals surface area (Å²) in [5.41, 5.74) is 2.59. The predicted octanol–water partition coefficient (Wildman–Crippen LogP) is 3.58. The molecule has 112 valence electrons. The molecule has 0 bridgehead atoms. The first-order valence-corrected chi connectivity index (χ1v) is 6.84. The van der Waals surface area contributed by atoms with Crippen LogP contribution in [0, 0.1) is 5.82 Å². The predicted molar refractivity (Wildman–Crippen MR) is 88.0 cm³/mol. The van der Waals surface area contributed by atoms with E-state index in [-0.39, 0.29) is 5.78 Å². The van der Waals surface area contributed by atoms with Crippen molar-refractivity contribution in [2.24, 2.45) is 0 Å². The van der Waals surface area contributed by atoms with Crippen molar-refractivity contribution in [2.45, 2.75) is 0 Å². The van der Waals surface area contributed by atoms with Gasteiger partial charge in [-0.15, -0.1) is 0 Å². The van der Waals surface area contributed by atoms with Gasteiger partial charge in [-0.1, -0.05) is 18.2 Å². The average molecular weight is 296 g/mol. The number of nitrogens with zero attached hydrogens (tertiary/aromatic N) is 2. The van der Waals surface area contributed by atoms with Crippen LogP contribution in [0.2, 0.25) is 0 Å². The number of ketones is 1. The largest absolute Gasteiger partial charge is 0.378 e. The zero-order valence-corrected chi connectivity index (χ0v) is 12.5. The topological polar surface area (TPSA) is 33.2 Å². The minimum Gasteiger partial charge on any atom is -0.378 e. The van der Waals surface area contributed by atoms with Crippen molar-refractivity contribution in [1.82, 2.24) is 4.98 Å². The second-order valence-electron chi connectivity index (χ2n) is 4.96. The molecule has 1 aromatic heterocycles. The lowest BCUT2D eigenvalue weighted by molar-refractivity contribution is -0.110. The van der Waals surface area contributed by atoms with E-state index >= 15 is 0 Å². The summed E-state index contributed by atoms with van der Waals surface area (Å²) in [4.78, 5) is 17.6. The SMILES string of the molecule is CN(C)c1ccc(/C=C/C(=O)/C=C/c2ccc(F)cn2)cc1. The van der Waals surface area contributed by atoms with Gasteiger partial charge in [0.05, 0.1) is 11.9 Å². The van der Waals surface area contributed by atoms with Crippen LogP contribution in [-0.4, -0.2) is 24.9 Å². The number of rotatable bonds is 5.